The van der Waals surface area contributed by atoms with Crippen LogP contribution in [0.3, 0.4) is 0 Å². The predicted molar refractivity (Wildman–Crippen MR) is 105 cm³/mol. The summed E-state index contributed by atoms with van der Waals surface area (Å²) < 4.78 is 5.19. The SMILES string of the molecule is Cc1ccc(CN(C)C(=O)COC(=O)Cc2c[nH]c3ccccc23)c(C)c1. The Labute approximate surface area is 158 Å². The van der Waals surface area contributed by atoms with Gasteiger partial charge in [-0.25, -0.2) is 0 Å². The van der Waals surface area contributed by atoms with E-state index < -0.39 is 5.97 Å². The van der Waals surface area contributed by atoms with E-state index in [1.165, 1.54) is 5.56 Å². The first-order valence-corrected chi connectivity index (χ1v) is 8.95. The number of rotatable bonds is 6. The molecule has 0 fully saturated rings. The van der Waals surface area contributed by atoms with Crippen molar-refractivity contribution in [2.75, 3.05) is 13.7 Å². The van der Waals surface area contributed by atoms with E-state index in [0.29, 0.717) is 6.54 Å². The Morgan fingerprint density at radius 2 is 1.85 bits per heavy atom. The van der Waals surface area contributed by atoms with Gasteiger partial charge in [-0.1, -0.05) is 42.0 Å². The highest BCUT2D eigenvalue weighted by Gasteiger charge is 2.15. The van der Waals surface area contributed by atoms with Crippen LogP contribution >= 0.6 is 0 Å². The number of amides is 1. The molecule has 0 aliphatic rings. The first-order chi connectivity index (χ1) is 12.9. The molecule has 1 N–H and O–H groups in total. The zero-order valence-electron chi connectivity index (χ0n) is 15.9. The second kappa shape index (κ2) is 8.08. The van der Waals surface area contributed by atoms with Crippen LogP contribution in [-0.4, -0.2) is 35.4 Å². The fraction of sp³-hybridized carbons (Fsp3) is 0.273. The van der Waals surface area contributed by atoms with Gasteiger partial charge in [-0.3, -0.25) is 9.59 Å². The first kappa shape index (κ1) is 18.7. The number of aryl methyl sites for hydroxylation is 2. The highest BCUT2D eigenvalue weighted by Crippen LogP contribution is 2.18. The maximum absolute atomic E-state index is 12.3. The molecule has 0 aliphatic heterocycles. The number of esters is 1. The molecule has 0 radical (unpaired) electrons. The van der Waals surface area contributed by atoms with Gasteiger partial charge in [-0.05, 0) is 36.6 Å². The molecule has 0 bridgehead atoms. The lowest BCUT2D eigenvalue weighted by Crippen LogP contribution is -2.31. The van der Waals surface area contributed by atoms with Gasteiger partial charge >= 0.3 is 5.97 Å². The van der Waals surface area contributed by atoms with Gasteiger partial charge in [0.1, 0.15) is 0 Å². The van der Waals surface area contributed by atoms with Crippen LogP contribution in [0, 0.1) is 13.8 Å². The number of aromatic amines is 1. The number of para-hydroxylation sites is 1. The number of aromatic nitrogens is 1. The van der Waals surface area contributed by atoms with Crippen molar-refractivity contribution in [2.45, 2.75) is 26.8 Å². The number of ether oxygens (including phenoxy) is 1. The van der Waals surface area contributed by atoms with Gasteiger partial charge in [0.05, 0.1) is 6.42 Å². The van der Waals surface area contributed by atoms with Crippen molar-refractivity contribution >= 4 is 22.8 Å². The molecule has 5 nitrogen and oxygen atoms in total. The molecule has 1 heterocycles. The number of benzene rings is 2. The topological polar surface area (TPSA) is 62.4 Å². The Kier molecular flexibility index (Phi) is 5.60. The Hall–Kier alpha value is -3.08. The number of carbonyl (C=O) groups is 2. The molecule has 0 saturated carbocycles. The summed E-state index contributed by atoms with van der Waals surface area (Å²) in [5.41, 5.74) is 5.26. The minimum absolute atomic E-state index is 0.137. The van der Waals surface area contributed by atoms with Crippen LogP contribution in [0.1, 0.15) is 22.3 Å². The zero-order chi connectivity index (χ0) is 19.4. The van der Waals surface area contributed by atoms with E-state index in [2.05, 4.69) is 11.1 Å². The standard InChI is InChI=1S/C22H24N2O3/c1-15-8-9-17(16(2)10-15)13-24(3)21(25)14-27-22(26)11-18-12-23-20-7-5-4-6-19(18)20/h4-10,12,23H,11,13-14H2,1-3H3. The maximum atomic E-state index is 12.3. The number of likely N-dealkylation sites (N-methyl/N-ethyl adjacent to an activating group) is 1. The van der Waals surface area contributed by atoms with Gasteiger partial charge in [0.2, 0.25) is 0 Å². The van der Waals surface area contributed by atoms with E-state index in [-0.39, 0.29) is 18.9 Å². The smallest absolute Gasteiger partial charge is 0.310 e. The third kappa shape index (κ3) is 4.56. The van der Waals surface area contributed by atoms with Crippen LogP contribution < -0.4 is 0 Å². The Bertz CT molecular complexity index is 975. The summed E-state index contributed by atoms with van der Waals surface area (Å²) in [5, 5.41) is 0.993. The summed E-state index contributed by atoms with van der Waals surface area (Å²) in [6.45, 7) is 4.31. The van der Waals surface area contributed by atoms with Crippen molar-refractivity contribution < 1.29 is 14.3 Å². The summed E-state index contributed by atoms with van der Waals surface area (Å²) in [5.74, 6) is -0.629. The quantitative estimate of drug-likeness (QED) is 0.681. The van der Waals surface area contributed by atoms with Gasteiger partial charge in [-0.2, -0.15) is 0 Å². The number of nitrogens with one attached hydrogen (secondary N) is 1. The van der Waals surface area contributed by atoms with Crippen LogP contribution in [0.2, 0.25) is 0 Å². The minimum atomic E-state index is -0.409. The van der Waals surface area contributed by atoms with Gasteiger partial charge in [0.25, 0.3) is 5.91 Å². The van der Waals surface area contributed by atoms with E-state index in [1.54, 1.807) is 18.1 Å². The Morgan fingerprint density at radius 1 is 1.07 bits per heavy atom. The minimum Gasteiger partial charge on any atom is -0.455 e. The molecule has 2 aromatic carbocycles. The lowest BCUT2D eigenvalue weighted by atomic mass is 10.1. The Balaban J connectivity index is 1.52. The molecule has 27 heavy (non-hydrogen) atoms. The summed E-state index contributed by atoms with van der Waals surface area (Å²) >= 11 is 0. The number of hydrogen-bond acceptors (Lipinski definition) is 3. The number of H-pyrrole nitrogens is 1. The molecule has 0 atom stereocenters. The van der Waals surface area contributed by atoms with Gasteiger partial charge in [0.15, 0.2) is 6.61 Å². The van der Waals surface area contributed by atoms with E-state index in [0.717, 1.165) is 27.6 Å². The molecule has 0 saturated heterocycles. The van der Waals surface area contributed by atoms with Crippen molar-refractivity contribution in [3.63, 3.8) is 0 Å². The van der Waals surface area contributed by atoms with Crippen molar-refractivity contribution in [1.82, 2.24) is 9.88 Å². The lowest BCUT2D eigenvalue weighted by molar-refractivity contribution is -0.151. The molecule has 3 rings (SSSR count). The number of carbonyl (C=O) groups excluding carboxylic acids is 2. The molecule has 0 spiro atoms. The van der Waals surface area contributed by atoms with Crippen LogP contribution in [0.15, 0.2) is 48.7 Å². The van der Waals surface area contributed by atoms with Gasteiger partial charge in [0, 0.05) is 30.7 Å². The molecule has 3 aromatic rings. The second-order valence-electron chi connectivity index (χ2n) is 6.88. The highest BCUT2D eigenvalue weighted by molar-refractivity contribution is 5.88. The van der Waals surface area contributed by atoms with E-state index >= 15 is 0 Å². The molecule has 5 heteroatoms. The van der Waals surface area contributed by atoms with Crippen molar-refractivity contribution in [2.24, 2.45) is 0 Å². The van der Waals surface area contributed by atoms with E-state index in [1.807, 2.05) is 50.2 Å². The summed E-state index contributed by atoms with van der Waals surface area (Å²) in [6.07, 6.45) is 1.94. The summed E-state index contributed by atoms with van der Waals surface area (Å²) in [6, 6.07) is 13.9. The van der Waals surface area contributed by atoms with Crippen LogP contribution in [0.5, 0.6) is 0 Å². The third-order valence-electron chi connectivity index (χ3n) is 4.70. The molecule has 0 aliphatic carbocycles. The molecular weight excluding hydrogens is 340 g/mol. The predicted octanol–water partition coefficient (Wildman–Crippen LogP) is 3.53. The normalized spacial score (nSPS) is 10.8. The second-order valence-corrected chi connectivity index (χ2v) is 6.88. The Morgan fingerprint density at radius 3 is 2.63 bits per heavy atom. The average molecular weight is 364 g/mol. The monoisotopic (exact) mass is 364 g/mol. The van der Waals surface area contributed by atoms with Crippen molar-refractivity contribution in [1.29, 1.82) is 0 Å². The fourth-order valence-electron chi connectivity index (χ4n) is 3.10. The zero-order valence-corrected chi connectivity index (χ0v) is 15.9. The van der Waals surface area contributed by atoms with Crippen LogP contribution in [0.4, 0.5) is 0 Å². The molecule has 140 valence electrons. The molecule has 1 amide bonds. The van der Waals surface area contributed by atoms with Gasteiger partial charge < -0.3 is 14.6 Å². The van der Waals surface area contributed by atoms with Crippen molar-refractivity contribution in [3.8, 4) is 0 Å². The first-order valence-electron chi connectivity index (χ1n) is 8.95. The molecule has 1 aromatic heterocycles. The van der Waals surface area contributed by atoms with Gasteiger partial charge in [-0.15, -0.1) is 0 Å². The van der Waals surface area contributed by atoms with Crippen LogP contribution in [0.25, 0.3) is 10.9 Å². The highest BCUT2D eigenvalue weighted by atomic mass is 16.5. The van der Waals surface area contributed by atoms with E-state index in [9.17, 15) is 9.59 Å². The summed E-state index contributed by atoms with van der Waals surface area (Å²) in [7, 11) is 1.72. The van der Waals surface area contributed by atoms with Crippen LogP contribution in [-0.2, 0) is 27.3 Å². The number of nitrogens with zero attached hydrogens (tertiary/aromatic N) is 1. The third-order valence-corrected chi connectivity index (χ3v) is 4.70. The number of fused-ring (bicyclic) bond motifs is 1. The van der Waals surface area contributed by atoms with E-state index in [4.69, 9.17) is 4.74 Å². The fourth-order valence-corrected chi connectivity index (χ4v) is 3.10. The largest absolute Gasteiger partial charge is 0.455 e. The average Bonchev–Trinajstić information content (AvgIpc) is 3.05. The maximum Gasteiger partial charge on any atom is 0.310 e. The molecule has 0 unspecified atom stereocenters. The summed E-state index contributed by atoms with van der Waals surface area (Å²) in [4.78, 5) is 29.1. The van der Waals surface area contributed by atoms with Crippen molar-refractivity contribution in [3.05, 3.63) is 70.9 Å². The lowest BCUT2D eigenvalue weighted by Gasteiger charge is -2.18. The number of hydrogen-bond donors (Lipinski definition) is 1. The molecular formula is C22H24N2O3.